The van der Waals surface area contributed by atoms with Crippen molar-refractivity contribution >= 4 is 5.78 Å². The van der Waals surface area contributed by atoms with Crippen LogP contribution in [0, 0.1) is 0 Å². The van der Waals surface area contributed by atoms with Gasteiger partial charge in [-0.25, -0.2) is 0 Å². The second-order valence-corrected chi connectivity index (χ2v) is 3.69. The molecule has 0 radical (unpaired) electrons. The lowest BCUT2D eigenvalue weighted by Gasteiger charge is -2.18. The van der Waals surface area contributed by atoms with Crippen LogP contribution in [0.15, 0.2) is 12.4 Å². The van der Waals surface area contributed by atoms with E-state index in [0.29, 0.717) is 25.2 Å². The molecule has 0 bridgehead atoms. The van der Waals surface area contributed by atoms with Gasteiger partial charge >= 0.3 is 0 Å². The largest absolute Gasteiger partial charge is 0.379 e. The average molecular weight is 195 g/mol. The van der Waals surface area contributed by atoms with Crippen LogP contribution in [0.1, 0.15) is 16.8 Å². The molecule has 0 spiro atoms. The van der Waals surface area contributed by atoms with Crippen molar-refractivity contribution in [2.24, 2.45) is 12.8 Å². The number of carbonyl (C=O) groups excluding carboxylic acids is 1. The summed E-state index contributed by atoms with van der Waals surface area (Å²) in [6, 6.07) is 0. The molecule has 1 unspecified atom stereocenters. The van der Waals surface area contributed by atoms with E-state index < -0.39 is 5.54 Å². The van der Waals surface area contributed by atoms with Crippen molar-refractivity contribution in [1.29, 1.82) is 0 Å². The van der Waals surface area contributed by atoms with Gasteiger partial charge in [0, 0.05) is 19.9 Å². The molecule has 2 rings (SSSR count). The van der Waals surface area contributed by atoms with E-state index in [4.69, 9.17) is 10.5 Å². The van der Waals surface area contributed by atoms with Crippen LogP contribution < -0.4 is 5.73 Å². The fraction of sp³-hybridized carbons (Fsp3) is 0.556. The van der Waals surface area contributed by atoms with Crippen molar-refractivity contribution in [3.63, 3.8) is 0 Å². The number of aromatic nitrogens is 2. The van der Waals surface area contributed by atoms with Crippen molar-refractivity contribution in [2.45, 2.75) is 12.0 Å². The smallest absolute Gasteiger partial charge is 0.188 e. The molecular weight excluding hydrogens is 182 g/mol. The van der Waals surface area contributed by atoms with E-state index in [1.54, 1.807) is 17.9 Å². The lowest BCUT2D eigenvalue weighted by atomic mass is 9.91. The van der Waals surface area contributed by atoms with Gasteiger partial charge in [0.25, 0.3) is 0 Å². The molecule has 1 aromatic heterocycles. The monoisotopic (exact) mass is 195 g/mol. The van der Waals surface area contributed by atoms with Crippen LogP contribution in [0.2, 0.25) is 0 Å². The van der Waals surface area contributed by atoms with E-state index >= 15 is 0 Å². The van der Waals surface area contributed by atoms with Crippen LogP contribution in [0.5, 0.6) is 0 Å². The minimum absolute atomic E-state index is 0.0805. The van der Waals surface area contributed by atoms with Crippen LogP contribution in [0.4, 0.5) is 0 Å². The fourth-order valence-corrected chi connectivity index (χ4v) is 1.59. The summed E-state index contributed by atoms with van der Waals surface area (Å²) in [6.45, 7) is 0.864. The molecule has 5 nitrogen and oxygen atoms in total. The van der Waals surface area contributed by atoms with Gasteiger partial charge in [-0.15, -0.1) is 0 Å². The van der Waals surface area contributed by atoms with Gasteiger partial charge < -0.3 is 10.5 Å². The van der Waals surface area contributed by atoms with Crippen LogP contribution >= 0.6 is 0 Å². The van der Waals surface area contributed by atoms with Crippen molar-refractivity contribution in [3.8, 4) is 0 Å². The first-order valence-corrected chi connectivity index (χ1v) is 4.52. The van der Waals surface area contributed by atoms with E-state index in [-0.39, 0.29) is 5.78 Å². The molecule has 2 heterocycles. The van der Waals surface area contributed by atoms with E-state index in [1.165, 1.54) is 6.20 Å². The Morgan fingerprint density at radius 2 is 2.57 bits per heavy atom. The van der Waals surface area contributed by atoms with Gasteiger partial charge in [-0.3, -0.25) is 9.48 Å². The number of carbonyl (C=O) groups is 1. The molecule has 5 heteroatoms. The molecule has 1 atom stereocenters. The van der Waals surface area contributed by atoms with Crippen LogP contribution in [-0.2, 0) is 11.8 Å². The number of ketones is 1. The minimum Gasteiger partial charge on any atom is -0.379 e. The zero-order valence-electron chi connectivity index (χ0n) is 8.06. The highest BCUT2D eigenvalue weighted by Gasteiger charge is 2.39. The zero-order chi connectivity index (χ0) is 10.2. The van der Waals surface area contributed by atoms with Gasteiger partial charge in [0.05, 0.1) is 18.4 Å². The van der Waals surface area contributed by atoms with Gasteiger partial charge in [0.15, 0.2) is 5.78 Å². The summed E-state index contributed by atoms with van der Waals surface area (Å²) in [4.78, 5) is 11.9. The standard InChI is InChI=1S/C9H13N3O2/c1-12-5-7(4-11-12)8(13)9(10)2-3-14-6-9/h4-5H,2-3,6,10H2,1H3. The molecule has 76 valence electrons. The third kappa shape index (κ3) is 1.44. The fourth-order valence-electron chi connectivity index (χ4n) is 1.59. The van der Waals surface area contributed by atoms with Crippen molar-refractivity contribution in [1.82, 2.24) is 9.78 Å². The third-order valence-electron chi connectivity index (χ3n) is 2.47. The van der Waals surface area contributed by atoms with Crippen molar-refractivity contribution in [3.05, 3.63) is 18.0 Å². The Hall–Kier alpha value is -1.20. The summed E-state index contributed by atoms with van der Waals surface area (Å²) in [6.07, 6.45) is 3.80. The molecule has 1 fully saturated rings. The number of aryl methyl sites for hydroxylation is 1. The maximum Gasteiger partial charge on any atom is 0.188 e. The number of Topliss-reactive ketones (excluding diaryl/α,β-unsaturated/α-hetero) is 1. The minimum atomic E-state index is -0.844. The number of ether oxygens (including phenoxy) is 1. The molecule has 1 aliphatic rings. The first kappa shape index (κ1) is 9.36. The Bertz CT molecular complexity index is 353. The van der Waals surface area contributed by atoms with Gasteiger partial charge in [0.1, 0.15) is 5.54 Å². The van der Waals surface area contributed by atoms with Crippen LogP contribution in [0.3, 0.4) is 0 Å². The Morgan fingerprint density at radius 1 is 1.79 bits per heavy atom. The molecule has 0 saturated carbocycles. The zero-order valence-corrected chi connectivity index (χ0v) is 8.06. The topological polar surface area (TPSA) is 70.1 Å². The van der Waals surface area contributed by atoms with Crippen LogP contribution in [0.25, 0.3) is 0 Å². The number of nitrogens with zero attached hydrogens (tertiary/aromatic N) is 2. The van der Waals surface area contributed by atoms with Crippen LogP contribution in [-0.4, -0.2) is 34.3 Å². The molecule has 0 amide bonds. The summed E-state index contributed by atoms with van der Waals surface area (Å²) >= 11 is 0. The highest BCUT2D eigenvalue weighted by atomic mass is 16.5. The Kier molecular flexibility index (Phi) is 2.13. The number of hydrogen-bond donors (Lipinski definition) is 1. The summed E-state index contributed by atoms with van der Waals surface area (Å²) in [5, 5.41) is 3.94. The summed E-state index contributed by atoms with van der Waals surface area (Å²) in [7, 11) is 1.77. The molecule has 0 aliphatic carbocycles. The molecule has 2 N–H and O–H groups in total. The summed E-state index contributed by atoms with van der Waals surface area (Å²) in [5.41, 5.74) is 5.64. The van der Waals surface area contributed by atoms with Crippen molar-refractivity contribution in [2.75, 3.05) is 13.2 Å². The quantitative estimate of drug-likeness (QED) is 0.659. The Balaban J connectivity index is 2.23. The third-order valence-corrected chi connectivity index (χ3v) is 2.47. The van der Waals surface area contributed by atoms with E-state index in [9.17, 15) is 4.79 Å². The summed E-state index contributed by atoms with van der Waals surface area (Å²) < 4.78 is 6.73. The maximum atomic E-state index is 11.9. The van der Waals surface area contributed by atoms with Gasteiger partial charge in [-0.05, 0) is 6.42 Å². The lowest BCUT2D eigenvalue weighted by Crippen LogP contribution is -2.48. The average Bonchev–Trinajstić information content (AvgIpc) is 2.74. The Labute approximate surface area is 81.8 Å². The first-order chi connectivity index (χ1) is 6.62. The number of hydrogen-bond acceptors (Lipinski definition) is 4. The van der Waals surface area contributed by atoms with E-state index in [1.807, 2.05) is 0 Å². The molecular formula is C9H13N3O2. The molecule has 0 aromatic carbocycles. The molecule has 1 saturated heterocycles. The first-order valence-electron chi connectivity index (χ1n) is 4.52. The lowest BCUT2D eigenvalue weighted by molar-refractivity contribution is 0.0863. The number of nitrogens with two attached hydrogens (primary N) is 1. The molecule has 14 heavy (non-hydrogen) atoms. The predicted octanol–water partition coefficient (Wildman–Crippen LogP) is -0.279. The SMILES string of the molecule is Cn1cc(C(=O)C2(N)CCOC2)cn1. The highest BCUT2D eigenvalue weighted by molar-refractivity contribution is 6.03. The molecule has 1 aromatic rings. The van der Waals surface area contributed by atoms with Gasteiger partial charge in [-0.1, -0.05) is 0 Å². The second kappa shape index (κ2) is 3.18. The van der Waals surface area contributed by atoms with Crippen molar-refractivity contribution < 1.29 is 9.53 Å². The number of rotatable bonds is 2. The second-order valence-electron chi connectivity index (χ2n) is 3.69. The maximum absolute atomic E-state index is 11.9. The predicted molar refractivity (Wildman–Crippen MR) is 49.9 cm³/mol. The Morgan fingerprint density at radius 3 is 3.07 bits per heavy atom. The summed E-state index contributed by atoms with van der Waals surface area (Å²) in [5.74, 6) is -0.0805. The van der Waals surface area contributed by atoms with Gasteiger partial charge in [-0.2, -0.15) is 5.10 Å². The normalized spacial score (nSPS) is 26.7. The highest BCUT2D eigenvalue weighted by Crippen LogP contribution is 2.20. The van der Waals surface area contributed by atoms with E-state index in [2.05, 4.69) is 5.10 Å². The van der Waals surface area contributed by atoms with E-state index in [0.717, 1.165) is 0 Å². The molecule has 1 aliphatic heterocycles. The van der Waals surface area contributed by atoms with Gasteiger partial charge in [0.2, 0.25) is 0 Å².